The van der Waals surface area contributed by atoms with Crippen LogP contribution in [0.3, 0.4) is 0 Å². The molecule has 3 atom stereocenters. The van der Waals surface area contributed by atoms with Gasteiger partial charge in [0, 0.05) is 36.7 Å². The van der Waals surface area contributed by atoms with E-state index in [0.717, 1.165) is 12.8 Å². The summed E-state index contributed by atoms with van der Waals surface area (Å²) in [4.78, 5) is 73.9. The molecule has 1 aromatic rings. The molecule has 6 N–H and O–H groups in total. The van der Waals surface area contributed by atoms with Crippen LogP contribution in [0.15, 0.2) is 12.1 Å². The number of carboxylic acid groups (broad SMARTS) is 2. The molecule has 1 fully saturated rings. The van der Waals surface area contributed by atoms with Crippen LogP contribution >= 0.6 is 35.0 Å². The van der Waals surface area contributed by atoms with Crippen LogP contribution in [0.2, 0.25) is 10.0 Å². The summed E-state index contributed by atoms with van der Waals surface area (Å²) in [6.07, 6.45) is 2.42. The van der Waals surface area contributed by atoms with Gasteiger partial charge in [0.1, 0.15) is 29.4 Å². The van der Waals surface area contributed by atoms with Gasteiger partial charge in [0.05, 0.1) is 5.02 Å². The minimum Gasteiger partial charge on any atom is -0.482 e. The SMILES string of the molecule is CCC(CCSC[C@H](NC(=O)CC[C@H](N)C(=O)O)C(=O)NCC(=O)O)C(=O)c1ccc(OCC(=O)N2CCCC2)c(Cl)c1Cl. The standard InChI is InChI=1S/C28H38Cl2N4O9S/c1-2-16(26(39)17-5-7-20(25(30)24(17)29)43-14-22(36)34-10-3-4-11-34)9-12-44-15-19(27(40)32-13-23(37)38)33-21(35)8-6-18(31)28(41)42/h5,7,16,18-19H,2-4,6,8-15,31H2,1H3,(H,32,40)(H,33,35)(H,37,38)(H,41,42)/t16?,18-,19-/m0/s1. The molecular weight excluding hydrogens is 639 g/mol. The quantitative estimate of drug-likeness (QED) is 0.106. The van der Waals surface area contributed by atoms with Gasteiger partial charge in [0.2, 0.25) is 11.8 Å². The molecule has 1 aliphatic heterocycles. The second kappa shape index (κ2) is 18.7. The molecule has 0 radical (unpaired) electrons. The Kier molecular flexibility index (Phi) is 15.8. The highest BCUT2D eigenvalue weighted by Gasteiger charge is 2.26. The van der Waals surface area contributed by atoms with Gasteiger partial charge in [-0.2, -0.15) is 11.8 Å². The largest absolute Gasteiger partial charge is 0.482 e. The molecule has 244 valence electrons. The number of carboxylic acids is 2. The summed E-state index contributed by atoms with van der Waals surface area (Å²) in [5, 5.41) is 22.5. The first-order valence-corrected chi connectivity index (χ1v) is 16.0. The molecule has 16 heteroatoms. The molecule has 0 aromatic heterocycles. The van der Waals surface area contributed by atoms with E-state index in [2.05, 4.69) is 10.6 Å². The smallest absolute Gasteiger partial charge is 0.322 e. The molecule has 2 rings (SSSR count). The average Bonchev–Trinajstić information content (AvgIpc) is 3.53. The highest BCUT2D eigenvalue weighted by Crippen LogP contribution is 2.36. The third-order valence-corrected chi connectivity index (χ3v) is 8.90. The molecule has 1 aliphatic rings. The van der Waals surface area contributed by atoms with Gasteiger partial charge in [-0.1, -0.05) is 30.1 Å². The highest BCUT2D eigenvalue weighted by atomic mass is 35.5. The van der Waals surface area contributed by atoms with E-state index < -0.39 is 48.3 Å². The van der Waals surface area contributed by atoms with Crippen molar-refractivity contribution >= 4 is 70.4 Å². The van der Waals surface area contributed by atoms with Crippen LogP contribution in [0.25, 0.3) is 0 Å². The Morgan fingerprint density at radius 2 is 1.75 bits per heavy atom. The lowest BCUT2D eigenvalue weighted by Crippen LogP contribution is -2.49. The number of ketones is 1. The van der Waals surface area contributed by atoms with Crippen molar-refractivity contribution in [3.8, 4) is 5.75 Å². The van der Waals surface area contributed by atoms with Gasteiger partial charge < -0.3 is 36.2 Å². The van der Waals surface area contributed by atoms with Gasteiger partial charge in [-0.25, -0.2) is 0 Å². The van der Waals surface area contributed by atoms with E-state index >= 15 is 0 Å². The van der Waals surface area contributed by atoms with Crippen molar-refractivity contribution in [3.63, 3.8) is 0 Å². The molecule has 0 spiro atoms. The Bertz CT molecular complexity index is 1210. The van der Waals surface area contributed by atoms with Crippen molar-refractivity contribution in [2.75, 3.05) is 37.7 Å². The number of nitrogens with zero attached hydrogens (tertiary/aromatic N) is 1. The zero-order valence-electron chi connectivity index (χ0n) is 24.3. The molecule has 13 nitrogen and oxygen atoms in total. The van der Waals surface area contributed by atoms with Crippen molar-refractivity contribution in [3.05, 3.63) is 27.7 Å². The number of nitrogens with one attached hydrogen (secondary N) is 2. The predicted octanol–water partition coefficient (Wildman–Crippen LogP) is 2.20. The number of aliphatic carboxylic acids is 2. The molecule has 0 bridgehead atoms. The predicted molar refractivity (Wildman–Crippen MR) is 165 cm³/mol. The molecule has 1 heterocycles. The van der Waals surface area contributed by atoms with E-state index in [1.165, 1.54) is 23.9 Å². The number of rotatable bonds is 19. The van der Waals surface area contributed by atoms with Gasteiger partial charge >= 0.3 is 11.9 Å². The Labute approximate surface area is 269 Å². The van der Waals surface area contributed by atoms with Gasteiger partial charge in [-0.05, 0) is 50.0 Å². The number of benzene rings is 1. The maximum Gasteiger partial charge on any atom is 0.322 e. The molecule has 1 saturated heterocycles. The Hall–Kier alpha value is -3.07. The number of ether oxygens (including phenoxy) is 1. The Morgan fingerprint density at radius 1 is 1.07 bits per heavy atom. The lowest BCUT2D eigenvalue weighted by atomic mass is 9.93. The summed E-state index contributed by atoms with van der Waals surface area (Å²) in [5.41, 5.74) is 5.63. The second-order valence-electron chi connectivity index (χ2n) is 10.2. The van der Waals surface area contributed by atoms with Crippen molar-refractivity contribution in [2.24, 2.45) is 11.7 Å². The number of carbonyl (C=O) groups is 6. The number of likely N-dealkylation sites (tertiary alicyclic amines) is 1. The zero-order chi connectivity index (χ0) is 32.8. The highest BCUT2D eigenvalue weighted by molar-refractivity contribution is 7.99. The van der Waals surface area contributed by atoms with Gasteiger partial charge in [-0.3, -0.25) is 28.8 Å². The molecule has 1 aromatic carbocycles. The van der Waals surface area contributed by atoms with Crippen LogP contribution in [0.5, 0.6) is 5.75 Å². The van der Waals surface area contributed by atoms with E-state index in [9.17, 15) is 28.8 Å². The number of nitrogens with two attached hydrogens (primary N) is 1. The summed E-state index contributed by atoms with van der Waals surface area (Å²) < 4.78 is 5.58. The van der Waals surface area contributed by atoms with E-state index in [-0.39, 0.29) is 58.3 Å². The first-order chi connectivity index (χ1) is 20.8. The van der Waals surface area contributed by atoms with Gasteiger partial charge in [0.25, 0.3) is 5.91 Å². The Morgan fingerprint density at radius 3 is 2.36 bits per heavy atom. The molecule has 1 unspecified atom stereocenters. The van der Waals surface area contributed by atoms with Gasteiger partial charge in [-0.15, -0.1) is 0 Å². The van der Waals surface area contributed by atoms with Crippen molar-refractivity contribution in [1.82, 2.24) is 15.5 Å². The first kappa shape index (κ1) is 37.1. The molecule has 44 heavy (non-hydrogen) atoms. The number of halogens is 2. The second-order valence-corrected chi connectivity index (χ2v) is 12.1. The van der Waals surface area contributed by atoms with Crippen LogP contribution in [0.1, 0.15) is 55.8 Å². The molecular formula is C28H38Cl2N4O9S. The number of hydrogen-bond donors (Lipinski definition) is 5. The number of amides is 3. The Balaban J connectivity index is 1.95. The van der Waals surface area contributed by atoms with Crippen LogP contribution < -0.4 is 21.1 Å². The van der Waals surface area contributed by atoms with E-state index in [4.69, 9.17) is 43.9 Å². The summed E-state index contributed by atoms with van der Waals surface area (Å²) in [5.74, 6) is -4.00. The number of thioether (sulfide) groups is 1. The monoisotopic (exact) mass is 676 g/mol. The third kappa shape index (κ3) is 11.8. The number of Topliss-reactive ketones (excluding diaryl/α,β-unsaturated/α-hetero) is 1. The maximum absolute atomic E-state index is 13.3. The van der Waals surface area contributed by atoms with Crippen molar-refractivity contribution in [1.29, 1.82) is 0 Å². The molecule has 3 amide bonds. The van der Waals surface area contributed by atoms with Crippen LogP contribution in [0, 0.1) is 5.92 Å². The first-order valence-electron chi connectivity index (χ1n) is 14.1. The lowest BCUT2D eigenvalue weighted by molar-refractivity contribution is -0.139. The van der Waals surface area contributed by atoms with Crippen LogP contribution in [-0.4, -0.2) is 100 Å². The summed E-state index contributed by atoms with van der Waals surface area (Å²) in [6.45, 7) is 2.39. The van der Waals surface area contributed by atoms with E-state index in [1.807, 2.05) is 6.92 Å². The van der Waals surface area contributed by atoms with Gasteiger partial charge in [0.15, 0.2) is 12.4 Å². The minimum atomic E-state index is -1.26. The fourth-order valence-electron chi connectivity index (χ4n) is 4.34. The summed E-state index contributed by atoms with van der Waals surface area (Å²) in [6, 6.07) is 0.680. The topological polar surface area (TPSA) is 205 Å². The van der Waals surface area contributed by atoms with Crippen LogP contribution in [-0.2, 0) is 24.0 Å². The fourth-order valence-corrected chi connectivity index (χ4v) is 5.90. The number of carbonyl (C=O) groups excluding carboxylic acids is 4. The lowest BCUT2D eigenvalue weighted by Gasteiger charge is -2.19. The fraction of sp³-hybridized carbons (Fsp3) is 0.571. The molecule has 0 aliphatic carbocycles. The summed E-state index contributed by atoms with van der Waals surface area (Å²) >= 11 is 14.1. The maximum atomic E-state index is 13.3. The zero-order valence-corrected chi connectivity index (χ0v) is 26.6. The van der Waals surface area contributed by atoms with Crippen molar-refractivity contribution in [2.45, 2.75) is 57.5 Å². The van der Waals surface area contributed by atoms with Crippen molar-refractivity contribution < 1.29 is 43.7 Å². The molecule has 0 saturated carbocycles. The average molecular weight is 678 g/mol. The van der Waals surface area contributed by atoms with Crippen LogP contribution in [0.4, 0.5) is 0 Å². The van der Waals surface area contributed by atoms with E-state index in [1.54, 1.807) is 4.90 Å². The number of hydrogen-bond acceptors (Lipinski definition) is 9. The minimum absolute atomic E-state index is 0.0226. The summed E-state index contributed by atoms with van der Waals surface area (Å²) in [7, 11) is 0. The van der Waals surface area contributed by atoms with E-state index in [0.29, 0.717) is 31.7 Å². The third-order valence-electron chi connectivity index (χ3n) is 6.95. The normalized spacial score (nSPS) is 14.8.